The van der Waals surface area contributed by atoms with Gasteiger partial charge in [0.1, 0.15) is 0 Å². The number of rotatable bonds is 5. The molecule has 1 N–H and O–H groups in total. The predicted octanol–water partition coefficient (Wildman–Crippen LogP) is 3.90. The van der Waals surface area contributed by atoms with Crippen molar-refractivity contribution in [2.45, 2.75) is 0 Å². The summed E-state index contributed by atoms with van der Waals surface area (Å²) >= 11 is 0. The van der Waals surface area contributed by atoms with Gasteiger partial charge in [-0.1, -0.05) is 30.3 Å². The van der Waals surface area contributed by atoms with Crippen LogP contribution in [0.5, 0.6) is 0 Å². The number of carbonyl (C=O) groups excluding carboxylic acids is 1. The highest BCUT2D eigenvalue weighted by atomic mass is 16.5. The number of anilines is 1. The number of morpholine rings is 1. The number of carbonyl (C=O) groups is 1. The summed E-state index contributed by atoms with van der Waals surface area (Å²) in [5.74, 6) is -0.287. The molecule has 5 rings (SSSR count). The van der Waals surface area contributed by atoms with Crippen molar-refractivity contribution in [3.8, 4) is 11.3 Å². The molecule has 0 aliphatic carbocycles. The summed E-state index contributed by atoms with van der Waals surface area (Å²) in [5.41, 5.74) is 7.60. The molecule has 0 unspecified atom stereocenters. The number of hydrazone groups is 1. The number of amides is 1. The van der Waals surface area contributed by atoms with Crippen LogP contribution in [0.1, 0.15) is 15.9 Å². The van der Waals surface area contributed by atoms with Crippen LogP contribution in [0.2, 0.25) is 0 Å². The minimum Gasteiger partial charge on any atom is -0.378 e. The zero-order chi connectivity index (χ0) is 22.5. The highest BCUT2D eigenvalue weighted by Crippen LogP contribution is 2.24. The summed E-state index contributed by atoms with van der Waals surface area (Å²) < 4.78 is 5.41. The molecule has 4 aromatic rings. The van der Waals surface area contributed by atoms with Gasteiger partial charge in [0.25, 0.3) is 5.91 Å². The third kappa shape index (κ3) is 4.73. The molecule has 1 saturated heterocycles. The fraction of sp³-hybridized carbons (Fsp3) is 0.154. The first-order valence-electron chi connectivity index (χ1n) is 10.8. The highest BCUT2D eigenvalue weighted by Gasteiger charge is 2.14. The Kier molecular flexibility index (Phi) is 6.04. The Morgan fingerprint density at radius 2 is 1.76 bits per heavy atom. The van der Waals surface area contributed by atoms with E-state index >= 15 is 0 Å². The second kappa shape index (κ2) is 9.58. The summed E-state index contributed by atoms with van der Waals surface area (Å²) in [6, 6.07) is 21.2. The fourth-order valence-electron chi connectivity index (χ4n) is 3.85. The molecule has 0 atom stereocenters. The normalized spacial score (nSPS) is 14.0. The topological polar surface area (TPSA) is 79.7 Å². The Morgan fingerprint density at radius 1 is 1.00 bits per heavy atom. The van der Waals surface area contributed by atoms with Gasteiger partial charge in [-0.25, -0.2) is 10.4 Å². The molecule has 1 amide bonds. The second-order valence-corrected chi connectivity index (χ2v) is 7.70. The number of para-hydroxylation sites is 1. The number of aromatic nitrogens is 2. The Hall–Kier alpha value is -4.10. The monoisotopic (exact) mass is 437 g/mol. The van der Waals surface area contributed by atoms with E-state index in [4.69, 9.17) is 9.72 Å². The molecule has 164 valence electrons. The third-order valence-corrected chi connectivity index (χ3v) is 5.59. The van der Waals surface area contributed by atoms with Gasteiger partial charge in [-0.2, -0.15) is 5.10 Å². The first-order chi connectivity index (χ1) is 16.3. The van der Waals surface area contributed by atoms with Crippen molar-refractivity contribution in [3.05, 3.63) is 90.3 Å². The van der Waals surface area contributed by atoms with Crippen molar-refractivity contribution in [2.75, 3.05) is 31.2 Å². The van der Waals surface area contributed by atoms with Crippen LogP contribution < -0.4 is 10.3 Å². The quantitative estimate of drug-likeness (QED) is 0.378. The maximum Gasteiger partial charge on any atom is 0.272 e. The molecular weight excluding hydrogens is 414 g/mol. The zero-order valence-electron chi connectivity index (χ0n) is 18.0. The molecule has 2 aromatic heterocycles. The maximum atomic E-state index is 13.0. The minimum absolute atomic E-state index is 0.287. The number of nitrogens with zero attached hydrogens (tertiary/aromatic N) is 4. The van der Waals surface area contributed by atoms with Gasteiger partial charge >= 0.3 is 0 Å². The van der Waals surface area contributed by atoms with Crippen molar-refractivity contribution in [3.63, 3.8) is 0 Å². The van der Waals surface area contributed by atoms with E-state index in [-0.39, 0.29) is 5.91 Å². The van der Waals surface area contributed by atoms with E-state index < -0.39 is 0 Å². The molecule has 0 saturated carbocycles. The predicted molar refractivity (Wildman–Crippen MR) is 130 cm³/mol. The van der Waals surface area contributed by atoms with Gasteiger partial charge in [-0.3, -0.25) is 9.78 Å². The van der Waals surface area contributed by atoms with Gasteiger partial charge in [0, 0.05) is 42.1 Å². The van der Waals surface area contributed by atoms with E-state index in [2.05, 4.69) is 32.5 Å². The molecule has 0 radical (unpaired) electrons. The van der Waals surface area contributed by atoms with Gasteiger partial charge in [-0.15, -0.1) is 0 Å². The Bertz CT molecular complexity index is 1280. The molecule has 3 heterocycles. The van der Waals surface area contributed by atoms with Crippen LogP contribution in [-0.4, -0.2) is 48.4 Å². The van der Waals surface area contributed by atoms with E-state index in [0.717, 1.165) is 54.0 Å². The van der Waals surface area contributed by atoms with E-state index in [0.29, 0.717) is 11.3 Å². The number of hydrogen-bond donors (Lipinski definition) is 1. The van der Waals surface area contributed by atoms with Crippen molar-refractivity contribution in [1.82, 2.24) is 15.4 Å². The molecule has 1 fully saturated rings. The number of hydrogen-bond acceptors (Lipinski definition) is 6. The maximum absolute atomic E-state index is 13.0. The van der Waals surface area contributed by atoms with Crippen LogP contribution in [0.4, 0.5) is 5.69 Å². The number of nitrogens with one attached hydrogen (secondary N) is 1. The molecule has 0 spiro atoms. The van der Waals surface area contributed by atoms with Crippen molar-refractivity contribution >= 4 is 28.7 Å². The van der Waals surface area contributed by atoms with Crippen LogP contribution in [0.15, 0.2) is 84.2 Å². The number of benzene rings is 2. The third-order valence-electron chi connectivity index (χ3n) is 5.59. The fourth-order valence-corrected chi connectivity index (χ4v) is 3.85. The van der Waals surface area contributed by atoms with Crippen molar-refractivity contribution in [2.24, 2.45) is 5.10 Å². The number of fused-ring (bicyclic) bond motifs is 1. The second-order valence-electron chi connectivity index (χ2n) is 7.70. The summed E-state index contributed by atoms with van der Waals surface area (Å²) in [7, 11) is 0. The first-order valence-corrected chi connectivity index (χ1v) is 10.8. The van der Waals surface area contributed by atoms with E-state index in [1.54, 1.807) is 24.7 Å². The van der Waals surface area contributed by atoms with E-state index in [1.165, 1.54) is 0 Å². The number of pyridine rings is 2. The van der Waals surface area contributed by atoms with Gasteiger partial charge in [0.2, 0.25) is 0 Å². The highest BCUT2D eigenvalue weighted by molar-refractivity contribution is 6.07. The molecule has 0 bridgehead atoms. The molecule has 33 heavy (non-hydrogen) atoms. The standard InChI is InChI=1S/C26H23N5O2/c32-26(30-28-18-19-5-7-21(8-6-19)31-13-15-33-16-14-31)23-17-25(20-9-11-27-12-10-20)29-24-4-2-1-3-22(23)24/h1-12,17-18H,13-16H2,(H,30,32). The number of ether oxygens (including phenoxy) is 1. The molecular formula is C26H23N5O2. The average molecular weight is 438 g/mol. The largest absolute Gasteiger partial charge is 0.378 e. The van der Waals surface area contributed by atoms with Crippen LogP contribution in [0, 0.1) is 0 Å². The minimum atomic E-state index is -0.287. The summed E-state index contributed by atoms with van der Waals surface area (Å²) in [5, 5.41) is 4.96. The molecule has 2 aromatic carbocycles. The van der Waals surface area contributed by atoms with Crippen molar-refractivity contribution < 1.29 is 9.53 Å². The molecule has 1 aliphatic rings. The summed E-state index contributed by atoms with van der Waals surface area (Å²) in [4.78, 5) is 24.1. The lowest BCUT2D eigenvalue weighted by atomic mass is 10.0. The van der Waals surface area contributed by atoms with Crippen LogP contribution >= 0.6 is 0 Å². The van der Waals surface area contributed by atoms with Gasteiger partial charge in [0.15, 0.2) is 0 Å². The smallest absolute Gasteiger partial charge is 0.272 e. The zero-order valence-corrected chi connectivity index (χ0v) is 18.0. The Morgan fingerprint density at radius 3 is 2.55 bits per heavy atom. The SMILES string of the molecule is O=C(NN=Cc1ccc(N2CCOCC2)cc1)c1cc(-c2ccncc2)nc2ccccc12. The van der Waals surface area contributed by atoms with E-state index in [1.807, 2.05) is 48.5 Å². The lowest BCUT2D eigenvalue weighted by Crippen LogP contribution is -2.36. The van der Waals surface area contributed by atoms with Crippen LogP contribution in [0.25, 0.3) is 22.2 Å². The molecule has 1 aliphatic heterocycles. The summed E-state index contributed by atoms with van der Waals surface area (Å²) in [6.45, 7) is 3.29. The average Bonchev–Trinajstić information content (AvgIpc) is 2.89. The van der Waals surface area contributed by atoms with E-state index in [9.17, 15) is 4.79 Å². The van der Waals surface area contributed by atoms with Gasteiger partial charge in [0.05, 0.1) is 36.2 Å². The van der Waals surface area contributed by atoms with Crippen LogP contribution in [0.3, 0.4) is 0 Å². The molecule has 7 heteroatoms. The lowest BCUT2D eigenvalue weighted by Gasteiger charge is -2.28. The van der Waals surface area contributed by atoms with Gasteiger partial charge < -0.3 is 9.64 Å². The van der Waals surface area contributed by atoms with Crippen LogP contribution in [-0.2, 0) is 4.74 Å². The summed E-state index contributed by atoms with van der Waals surface area (Å²) in [6.07, 6.45) is 5.06. The Balaban J connectivity index is 1.34. The first kappa shape index (κ1) is 20.8. The Labute approximate surface area is 191 Å². The van der Waals surface area contributed by atoms with Gasteiger partial charge in [-0.05, 0) is 42.0 Å². The lowest BCUT2D eigenvalue weighted by molar-refractivity contribution is 0.0956. The van der Waals surface area contributed by atoms with Crippen molar-refractivity contribution in [1.29, 1.82) is 0 Å². The molecule has 7 nitrogen and oxygen atoms in total.